The molecule has 1 saturated heterocycles. The van der Waals surface area contributed by atoms with Gasteiger partial charge in [0.2, 0.25) is 0 Å². The number of hydrogen-bond donors (Lipinski definition) is 1. The van der Waals surface area contributed by atoms with Crippen LogP contribution in [0.5, 0.6) is 0 Å². The van der Waals surface area contributed by atoms with Crippen LogP contribution in [0.1, 0.15) is 36.9 Å². The summed E-state index contributed by atoms with van der Waals surface area (Å²) in [5.74, 6) is -1.38. The highest BCUT2D eigenvalue weighted by atomic mass is 16.3. The number of nitrogens with zero attached hydrogens (tertiary/aromatic N) is 2. The first kappa shape index (κ1) is 18.9. The van der Waals surface area contributed by atoms with Crippen LogP contribution in [0.4, 0.5) is 0 Å². The van der Waals surface area contributed by atoms with Gasteiger partial charge in [-0.25, -0.2) is 0 Å². The largest absolute Gasteiger partial charge is 0.507 e. The highest BCUT2D eigenvalue weighted by Crippen LogP contribution is 2.39. The lowest BCUT2D eigenvalue weighted by atomic mass is 9.95. The molecule has 1 unspecified atom stereocenters. The molecule has 2 aromatic carbocycles. The number of aliphatic hydroxyl groups is 1. The molecule has 1 amide bonds. The Labute approximate surface area is 169 Å². The molecule has 4 rings (SSSR count). The summed E-state index contributed by atoms with van der Waals surface area (Å²) in [6, 6.07) is 16.3. The normalized spacial score (nSPS) is 18.5. The van der Waals surface area contributed by atoms with E-state index in [-0.39, 0.29) is 11.3 Å². The van der Waals surface area contributed by atoms with Crippen LogP contribution in [-0.2, 0) is 9.59 Å². The first-order valence-electron chi connectivity index (χ1n) is 9.79. The third-order valence-corrected chi connectivity index (χ3v) is 5.32. The Hall–Kier alpha value is -3.47. The zero-order chi connectivity index (χ0) is 20.4. The molecule has 1 fully saturated rings. The minimum absolute atomic E-state index is 0.120. The number of Topliss-reactive ketones (excluding diaryl/α,β-unsaturated/α-hetero) is 1. The number of benzene rings is 2. The minimum atomic E-state index is -0.652. The quantitative estimate of drug-likeness (QED) is 0.399. The summed E-state index contributed by atoms with van der Waals surface area (Å²) in [6.07, 6.45) is 4.96. The zero-order valence-electron chi connectivity index (χ0n) is 16.2. The van der Waals surface area contributed by atoms with Crippen LogP contribution >= 0.6 is 0 Å². The highest BCUT2D eigenvalue weighted by Gasteiger charge is 2.45. The minimum Gasteiger partial charge on any atom is -0.507 e. The van der Waals surface area contributed by atoms with Gasteiger partial charge in [0.15, 0.2) is 0 Å². The van der Waals surface area contributed by atoms with E-state index >= 15 is 0 Å². The van der Waals surface area contributed by atoms with E-state index in [0.717, 1.165) is 23.6 Å². The molecule has 0 bridgehead atoms. The number of rotatable bonds is 5. The van der Waals surface area contributed by atoms with E-state index in [1.54, 1.807) is 29.4 Å². The van der Waals surface area contributed by atoms with E-state index in [1.165, 1.54) is 0 Å². The second-order valence-electron chi connectivity index (χ2n) is 7.19. The maximum atomic E-state index is 12.9. The average Bonchev–Trinajstić information content (AvgIpc) is 3.02. The molecule has 0 radical (unpaired) electrons. The van der Waals surface area contributed by atoms with Crippen molar-refractivity contribution >= 4 is 28.2 Å². The predicted molar refractivity (Wildman–Crippen MR) is 112 cm³/mol. The Morgan fingerprint density at radius 3 is 2.59 bits per heavy atom. The van der Waals surface area contributed by atoms with Crippen LogP contribution < -0.4 is 0 Å². The van der Waals surface area contributed by atoms with Gasteiger partial charge in [-0.3, -0.25) is 14.6 Å². The summed E-state index contributed by atoms with van der Waals surface area (Å²) >= 11 is 0. The first-order chi connectivity index (χ1) is 14.1. The lowest BCUT2D eigenvalue weighted by molar-refractivity contribution is -0.139. The average molecular weight is 386 g/mol. The molecule has 29 heavy (non-hydrogen) atoms. The SMILES string of the molecule is CCCCN1C(=O)C(=O)/C(=C(\O)c2ccc3ccccc3c2)C1c1cccnc1. The molecule has 1 atom stereocenters. The molecular formula is C24H22N2O3. The molecule has 0 spiro atoms. The molecule has 1 aliphatic rings. The smallest absolute Gasteiger partial charge is 0.295 e. The van der Waals surface area contributed by atoms with Gasteiger partial charge in [-0.15, -0.1) is 0 Å². The molecule has 2 heterocycles. The fraction of sp³-hybridized carbons (Fsp3) is 0.208. The van der Waals surface area contributed by atoms with Crippen molar-refractivity contribution in [1.29, 1.82) is 0 Å². The number of ketones is 1. The predicted octanol–water partition coefficient (Wildman–Crippen LogP) is 4.46. The van der Waals surface area contributed by atoms with E-state index in [9.17, 15) is 14.7 Å². The number of carbonyl (C=O) groups is 2. The Morgan fingerprint density at radius 2 is 1.86 bits per heavy atom. The number of likely N-dealkylation sites (tertiary alicyclic amines) is 1. The standard InChI is InChI=1S/C24H22N2O3/c1-2-3-13-26-21(19-9-6-12-25-15-19)20(23(28)24(26)29)22(27)18-11-10-16-7-4-5-8-17(16)14-18/h4-12,14-15,21,27H,2-3,13H2,1H3/b22-20-. The number of aromatic nitrogens is 1. The van der Waals surface area contributed by atoms with E-state index in [1.807, 2.05) is 49.4 Å². The van der Waals surface area contributed by atoms with Gasteiger partial charge in [0.25, 0.3) is 11.7 Å². The number of fused-ring (bicyclic) bond motifs is 1. The van der Waals surface area contributed by atoms with Crippen LogP contribution in [0.3, 0.4) is 0 Å². The second kappa shape index (κ2) is 7.87. The maximum absolute atomic E-state index is 12.9. The van der Waals surface area contributed by atoms with Crippen molar-refractivity contribution in [2.75, 3.05) is 6.54 Å². The lowest BCUT2D eigenvalue weighted by Crippen LogP contribution is -2.30. The third-order valence-electron chi connectivity index (χ3n) is 5.32. The topological polar surface area (TPSA) is 70.5 Å². The lowest BCUT2D eigenvalue weighted by Gasteiger charge is -2.24. The van der Waals surface area contributed by atoms with E-state index in [2.05, 4.69) is 4.98 Å². The van der Waals surface area contributed by atoms with Crippen molar-refractivity contribution in [3.8, 4) is 0 Å². The monoisotopic (exact) mass is 386 g/mol. The molecule has 1 aromatic heterocycles. The van der Waals surface area contributed by atoms with Gasteiger partial charge >= 0.3 is 0 Å². The van der Waals surface area contributed by atoms with Gasteiger partial charge < -0.3 is 10.0 Å². The van der Waals surface area contributed by atoms with Crippen molar-refractivity contribution < 1.29 is 14.7 Å². The molecule has 5 heteroatoms. The Morgan fingerprint density at radius 1 is 1.07 bits per heavy atom. The van der Waals surface area contributed by atoms with Gasteiger partial charge in [-0.05, 0) is 34.9 Å². The summed E-state index contributed by atoms with van der Waals surface area (Å²) in [5.41, 5.74) is 1.35. The van der Waals surface area contributed by atoms with Crippen molar-refractivity contribution in [2.24, 2.45) is 0 Å². The molecule has 1 aliphatic heterocycles. The fourth-order valence-corrected chi connectivity index (χ4v) is 3.82. The van der Waals surface area contributed by atoms with Crippen molar-refractivity contribution in [3.05, 3.63) is 83.7 Å². The number of aliphatic hydroxyl groups excluding tert-OH is 1. The maximum Gasteiger partial charge on any atom is 0.295 e. The highest BCUT2D eigenvalue weighted by molar-refractivity contribution is 6.46. The number of unbranched alkanes of at least 4 members (excludes halogenated alkanes) is 1. The van der Waals surface area contributed by atoms with E-state index in [0.29, 0.717) is 17.7 Å². The van der Waals surface area contributed by atoms with Crippen molar-refractivity contribution in [3.63, 3.8) is 0 Å². The molecule has 0 aliphatic carbocycles. The van der Waals surface area contributed by atoms with Gasteiger partial charge in [-0.2, -0.15) is 0 Å². The van der Waals surface area contributed by atoms with Crippen LogP contribution in [0.15, 0.2) is 72.6 Å². The Balaban J connectivity index is 1.87. The summed E-state index contributed by atoms with van der Waals surface area (Å²) in [5, 5.41) is 13.1. The Bertz CT molecular complexity index is 1110. The van der Waals surface area contributed by atoms with E-state index < -0.39 is 17.7 Å². The Kier molecular flexibility index (Phi) is 5.12. The number of carbonyl (C=O) groups excluding carboxylic acids is 2. The molecule has 146 valence electrons. The number of amides is 1. The first-order valence-corrected chi connectivity index (χ1v) is 9.79. The molecular weight excluding hydrogens is 364 g/mol. The summed E-state index contributed by atoms with van der Waals surface area (Å²) < 4.78 is 0. The molecule has 3 aromatic rings. The third kappa shape index (κ3) is 3.40. The van der Waals surface area contributed by atoms with Gasteiger partial charge in [0.1, 0.15) is 5.76 Å². The van der Waals surface area contributed by atoms with Crippen molar-refractivity contribution in [2.45, 2.75) is 25.8 Å². The summed E-state index contributed by atoms with van der Waals surface area (Å²) in [4.78, 5) is 31.4. The molecule has 1 N–H and O–H groups in total. The second-order valence-corrected chi connectivity index (χ2v) is 7.19. The van der Waals surface area contributed by atoms with Gasteiger partial charge in [-0.1, -0.05) is 55.8 Å². The van der Waals surface area contributed by atoms with Crippen molar-refractivity contribution in [1.82, 2.24) is 9.88 Å². The van der Waals surface area contributed by atoms with Crippen LogP contribution in [0, 0.1) is 0 Å². The fourth-order valence-electron chi connectivity index (χ4n) is 3.82. The van der Waals surface area contributed by atoms with Crippen LogP contribution in [-0.4, -0.2) is 33.2 Å². The van der Waals surface area contributed by atoms with Gasteiger partial charge in [0.05, 0.1) is 11.6 Å². The molecule has 0 saturated carbocycles. The van der Waals surface area contributed by atoms with Crippen LogP contribution in [0.2, 0.25) is 0 Å². The summed E-state index contributed by atoms with van der Waals surface area (Å²) in [6.45, 7) is 2.49. The van der Waals surface area contributed by atoms with Crippen LogP contribution in [0.25, 0.3) is 16.5 Å². The molecule has 5 nitrogen and oxygen atoms in total. The number of hydrogen-bond acceptors (Lipinski definition) is 4. The summed E-state index contributed by atoms with van der Waals surface area (Å²) in [7, 11) is 0. The van der Waals surface area contributed by atoms with Gasteiger partial charge in [0, 0.05) is 24.5 Å². The number of pyridine rings is 1. The zero-order valence-corrected chi connectivity index (χ0v) is 16.2. The van der Waals surface area contributed by atoms with E-state index in [4.69, 9.17) is 0 Å².